The fourth-order valence-electron chi connectivity index (χ4n) is 3.34. The van der Waals surface area contributed by atoms with Gasteiger partial charge in [0.25, 0.3) is 0 Å². The summed E-state index contributed by atoms with van der Waals surface area (Å²) >= 11 is 0. The van der Waals surface area contributed by atoms with Crippen LogP contribution in [-0.2, 0) is 9.53 Å². The molecule has 0 bridgehead atoms. The first kappa shape index (κ1) is 19.9. The Balaban J connectivity index is 1.68. The third kappa shape index (κ3) is 4.35. The highest BCUT2D eigenvalue weighted by Gasteiger charge is 2.34. The fourth-order valence-corrected chi connectivity index (χ4v) is 3.34. The second kappa shape index (κ2) is 7.66. The van der Waals surface area contributed by atoms with Crippen molar-refractivity contribution in [3.63, 3.8) is 0 Å². The maximum absolute atomic E-state index is 12.8. The normalized spacial score (nSPS) is 16.9. The molecule has 7 heteroatoms. The lowest BCUT2D eigenvalue weighted by Gasteiger charge is -2.24. The Morgan fingerprint density at radius 1 is 1.18 bits per heavy atom. The second-order valence-corrected chi connectivity index (χ2v) is 8.19. The largest absolute Gasteiger partial charge is 0.444 e. The zero-order valence-electron chi connectivity index (χ0n) is 17.2. The fraction of sp³-hybridized carbons (Fsp3) is 0.476. The SMILES string of the molecule is Cc1nn(-c2ccccc2)c(C)c1NC(=O)C1CCN(C(=O)OC(C)(C)C)C1. The number of nitrogens with zero attached hydrogens (tertiary/aromatic N) is 3. The Morgan fingerprint density at radius 2 is 1.86 bits per heavy atom. The number of carbonyl (C=O) groups excluding carboxylic acids is 2. The van der Waals surface area contributed by atoms with Crippen molar-refractivity contribution in [2.75, 3.05) is 18.4 Å². The van der Waals surface area contributed by atoms with Crippen LogP contribution in [0.4, 0.5) is 10.5 Å². The molecular formula is C21H28N4O3. The number of nitrogens with one attached hydrogen (secondary N) is 1. The van der Waals surface area contributed by atoms with Crippen molar-refractivity contribution in [2.45, 2.75) is 46.6 Å². The summed E-state index contributed by atoms with van der Waals surface area (Å²) in [7, 11) is 0. The number of hydrogen-bond acceptors (Lipinski definition) is 4. The highest BCUT2D eigenvalue weighted by Crippen LogP contribution is 2.25. The minimum atomic E-state index is -0.544. The second-order valence-electron chi connectivity index (χ2n) is 8.19. The van der Waals surface area contributed by atoms with Crippen molar-refractivity contribution in [3.8, 4) is 5.69 Å². The van der Waals surface area contributed by atoms with Gasteiger partial charge in [0.15, 0.2) is 0 Å². The van der Waals surface area contributed by atoms with E-state index < -0.39 is 5.60 Å². The molecule has 1 atom stereocenters. The number of benzene rings is 1. The van der Waals surface area contributed by atoms with Crippen LogP contribution in [-0.4, -0.2) is 45.4 Å². The molecule has 2 heterocycles. The lowest BCUT2D eigenvalue weighted by atomic mass is 10.1. The summed E-state index contributed by atoms with van der Waals surface area (Å²) in [5.74, 6) is -0.351. The number of anilines is 1. The van der Waals surface area contributed by atoms with E-state index in [9.17, 15) is 9.59 Å². The van der Waals surface area contributed by atoms with E-state index in [2.05, 4.69) is 10.4 Å². The maximum atomic E-state index is 12.8. The van der Waals surface area contributed by atoms with Gasteiger partial charge in [-0.25, -0.2) is 9.48 Å². The third-order valence-corrected chi connectivity index (χ3v) is 4.75. The van der Waals surface area contributed by atoms with E-state index in [4.69, 9.17) is 4.74 Å². The zero-order chi connectivity index (χ0) is 20.5. The van der Waals surface area contributed by atoms with Gasteiger partial charge in [0.05, 0.1) is 28.7 Å². The lowest BCUT2D eigenvalue weighted by molar-refractivity contribution is -0.119. The summed E-state index contributed by atoms with van der Waals surface area (Å²) in [6.07, 6.45) is 0.253. The monoisotopic (exact) mass is 384 g/mol. The Hall–Kier alpha value is -2.83. The first-order chi connectivity index (χ1) is 13.2. The van der Waals surface area contributed by atoms with Gasteiger partial charge in [-0.05, 0) is 53.2 Å². The molecule has 1 unspecified atom stereocenters. The molecule has 1 fully saturated rings. The third-order valence-electron chi connectivity index (χ3n) is 4.75. The van der Waals surface area contributed by atoms with Crippen LogP contribution in [0.3, 0.4) is 0 Å². The number of para-hydroxylation sites is 1. The molecule has 2 aromatic rings. The summed E-state index contributed by atoms with van der Waals surface area (Å²) in [6, 6.07) is 9.80. The minimum Gasteiger partial charge on any atom is -0.444 e. The predicted molar refractivity (Wildman–Crippen MR) is 108 cm³/mol. The van der Waals surface area contributed by atoms with Crippen molar-refractivity contribution in [1.29, 1.82) is 0 Å². The van der Waals surface area contributed by atoms with Crippen molar-refractivity contribution >= 4 is 17.7 Å². The number of aromatic nitrogens is 2. The van der Waals surface area contributed by atoms with Crippen LogP contribution in [0.25, 0.3) is 5.69 Å². The summed E-state index contributed by atoms with van der Waals surface area (Å²) < 4.78 is 7.23. The number of amides is 2. The number of ether oxygens (including phenoxy) is 1. The van der Waals surface area contributed by atoms with Gasteiger partial charge in [0.1, 0.15) is 5.60 Å². The molecule has 0 saturated carbocycles. The molecule has 1 saturated heterocycles. The topological polar surface area (TPSA) is 76.5 Å². The van der Waals surface area contributed by atoms with Gasteiger partial charge < -0.3 is 15.0 Å². The van der Waals surface area contributed by atoms with Crippen LogP contribution in [0, 0.1) is 19.8 Å². The summed E-state index contributed by atoms with van der Waals surface area (Å²) in [5.41, 5.74) is 2.76. The van der Waals surface area contributed by atoms with Crippen LogP contribution < -0.4 is 5.32 Å². The van der Waals surface area contributed by atoms with Gasteiger partial charge in [-0.1, -0.05) is 18.2 Å². The molecule has 1 aromatic carbocycles. The van der Waals surface area contributed by atoms with Crippen molar-refractivity contribution < 1.29 is 14.3 Å². The number of aryl methyl sites for hydroxylation is 1. The minimum absolute atomic E-state index is 0.0927. The molecule has 1 N–H and O–H groups in total. The smallest absolute Gasteiger partial charge is 0.410 e. The summed E-state index contributed by atoms with van der Waals surface area (Å²) in [5, 5.41) is 7.58. The standard InChI is InChI=1S/C21H28N4O3/c1-14-18(15(2)25(23-14)17-9-7-6-8-10-17)22-19(26)16-11-12-24(13-16)20(27)28-21(3,4)5/h6-10,16H,11-13H2,1-5H3,(H,22,26). The van der Waals surface area contributed by atoms with Gasteiger partial charge in [-0.15, -0.1) is 0 Å². The van der Waals surface area contributed by atoms with Crippen molar-refractivity contribution in [1.82, 2.24) is 14.7 Å². The number of carbonyl (C=O) groups is 2. The van der Waals surface area contributed by atoms with Crippen LogP contribution in [0.1, 0.15) is 38.6 Å². The summed E-state index contributed by atoms with van der Waals surface area (Å²) in [6.45, 7) is 10.2. The molecule has 3 rings (SSSR count). The van der Waals surface area contributed by atoms with E-state index in [0.717, 1.165) is 22.8 Å². The highest BCUT2D eigenvalue weighted by molar-refractivity contribution is 5.94. The number of likely N-dealkylation sites (tertiary alicyclic amines) is 1. The molecule has 0 radical (unpaired) electrons. The average Bonchev–Trinajstić information content (AvgIpc) is 3.22. The van der Waals surface area contributed by atoms with Gasteiger partial charge in [0.2, 0.25) is 5.91 Å². The molecule has 1 aromatic heterocycles. The molecule has 150 valence electrons. The Labute approximate surface area is 165 Å². The van der Waals surface area contributed by atoms with E-state index in [0.29, 0.717) is 19.5 Å². The van der Waals surface area contributed by atoms with Gasteiger partial charge in [-0.2, -0.15) is 5.10 Å². The van der Waals surface area contributed by atoms with E-state index in [1.165, 1.54) is 0 Å². The number of hydrogen-bond donors (Lipinski definition) is 1. The number of rotatable bonds is 3. The van der Waals surface area contributed by atoms with Crippen LogP contribution in [0.15, 0.2) is 30.3 Å². The summed E-state index contributed by atoms with van der Waals surface area (Å²) in [4.78, 5) is 26.6. The quantitative estimate of drug-likeness (QED) is 0.876. The molecule has 1 aliphatic heterocycles. The first-order valence-electron chi connectivity index (χ1n) is 9.56. The maximum Gasteiger partial charge on any atom is 0.410 e. The molecule has 7 nitrogen and oxygen atoms in total. The van der Waals surface area contributed by atoms with Crippen molar-refractivity contribution in [3.05, 3.63) is 41.7 Å². The average molecular weight is 384 g/mol. The molecule has 1 aliphatic rings. The zero-order valence-corrected chi connectivity index (χ0v) is 17.2. The first-order valence-corrected chi connectivity index (χ1v) is 9.56. The van der Waals surface area contributed by atoms with Crippen LogP contribution >= 0.6 is 0 Å². The van der Waals surface area contributed by atoms with E-state index in [1.807, 2.05) is 69.6 Å². The predicted octanol–water partition coefficient (Wildman–Crippen LogP) is 3.68. The Kier molecular flexibility index (Phi) is 5.45. The van der Waals surface area contributed by atoms with E-state index >= 15 is 0 Å². The Bertz CT molecular complexity index is 868. The molecule has 2 amide bonds. The molecule has 28 heavy (non-hydrogen) atoms. The van der Waals surface area contributed by atoms with Crippen LogP contribution in [0.2, 0.25) is 0 Å². The molecule has 0 aliphatic carbocycles. The van der Waals surface area contributed by atoms with Gasteiger partial charge in [0, 0.05) is 13.1 Å². The van der Waals surface area contributed by atoms with Gasteiger partial charge >= 0.3 is 6.09 Å². The van der Waals surface area contributed by atoms with Crippen molar-refractivity contribution in [2.24, 2.45) is 5.92 Å². The lowest BCUT2D eigenvalue weighted by Crippen LogP contribution is -2.36. The Morgan fingerprint density at radius 3 is 2.50 bits per heavy atom. The van der Waals surface area contributed by atoms with Gasteiger partial charge in [-0.3, -0.25) is 4.79 Å². The van der Waals surface area contributed by atoms with E-state index in [-0.39, 0.29) is 17.9 Å². The van der Waals surface area contributed by atoms with E-state index in [1.54, 1.807) is 4.90 Å². The molecular weight excluding hydrogens is 356 g/mol. The molecule has 0 spiro atoms. The van der Waals surface area contributed by atoms with Crippen LogP contribution in [0.5, 0.6) is 0 Å². The highest BCUT2D eigenvalue weighted by atomic mass is 16.6.